The first-order chi connectivity index (χ1) is 9.58. The number of hydrogen-bond donors (Lipinski definition) is 2. The molecule has 1 heterocycles. The van der Waals surface area contributed by atoms with E-state index in [-0.39, 0.29) is 11.7 Å². The number of fused-ring (bicyclic) bond motifs is 1. The number of rotatable bonds is 4. The van der Waals surface area contributed by atoms with Crippen molar-refractivity contribution >= 4 is 17.0 Å². The molecule has 2 aromatic rings. The molecule has 1 aliphatic rings. The monoisotopic (exact) mass is 274 g/mol. The summed E-state index contributed by atoms with van der Waals surface area (Å²) < 4.78 is 2.11. The van der Waals surface area contributed by atoms with E-state index < -0.39 is 5.97 Å². The van der Waals surface area contributed by atoms with Crippen molar-refractivity contribution in [2.24, 2.45) is 5.92 Å². The van der Waals surface area contributed by atoms with E-state index in [4.69, 9.17) is 5.11 Å². The zero-order valence-electron chi connectivity index (χ0n) is 11.4. The summed E-state index contributed by atoms with van der Waals surface area (Å²) in [5.74, 6) is 0.516. The molecule has 0 amide bonds. The van der Waals surface area contributed by atoms with Crippen LogP contribution in [-0.2, 0) is 13.0 Å². The van der Waals surface area contributed by atoms with Gasteiger partial charge in [0, 0.05) is 13.0 Å². The van der Waals surface area contributed by atoms with Crippen molar-refractivity contribution in [1.29, 1.82) is 0 Å². The summed E-state index contributed by atoms with van der Waals surface area (Å²) >= 11 is 0. The van der Waals surface area contributed by atoms with Gasteiger partial charge in [-0.15, -0.1) is 0 Å². The minimum absolute atomic E-state index is 0.172. The smallest absolute Gasteiger partial charge is 0.335 e. The fraction of sp³-hybridized carbons (Fsp3) is 0.467. The predicted molar refractivity (Wildman–Crippen MR) is 74.8 cm³/mol. The molecule has 0 radical (unpaired) electrons. The molecule has 0 aliphatic heterocycles. The van der Waals surface area contributed by atoms with Gasteiger partial charge in [0.15, 0.2) is 0 Å². The van der Waals surface area contributed by atoms with E-state index >= 15 is 0 Å². The molecule has 5 nitrogen and oxygen atoms in total. The molecule has 1 saturated carbocycles. The van der Waals surface area contributed by atoms with Crippen LogP contribution in [0.15, 0.2) is 18.2 Å². The van der Waals surface area contributed by atoms with E-state index in [2.05, 4.69) is 9.55 Å². The first kappa shape index (κ1) is 13.1. The van der Waals surface area contributed by atoms with Gasteiger partial charge in [0.2, 0.25) is 0 Å². The number of carbonyl (C=O) groups is 1. The average molecular weight is 274 g/mol. The maximum absolute atomic E-state index is 11.1. The van der Waals surface area contributed by atoms with Crippen LogP contribution in [0.2, 0.25) is 0 Å². The second kappa shape index (κ2) is 4.90. The molecule has 0 unspecified atom stereocenters. The molecule has 0 spiro atoms. The summed E-state index contributed by atoms with van der Waals surface area (Å²) in [6.07, 6.45) is 2.28. The lowest BCUT2D eigenvalue weighted by molar-refractivity contribution is 0.0354. The molecular formula is C15H18N2O3. The van der Waals surface area contributed by atoms with Gasteiger partial charge >= 0.3 is 5.97 Å². The Hall–Kier alpha value is -1.88. The van der Waals surface area contributed by atoms with Gasteiger partial charge in [-0.05, 0) is 37.0 Å². The van der Waals surface area contributed by atoms with Crippen molar-refractivity contribution in [3.8, 4) is 0 Å². The van der Waals surface area contributed by atoms with Crippen LogP contribution in [-0.4, -0.2) is 31.8 Å². The van der Waals surface area contributed by atoms with E-state index in [0.717, 1.165) is 42.7 Å². The average Bonchev–Trinajstić information content (AvgIpc) is 2.74. The molecule has 1 aromatic heterocycles. The van der Waals surface area contributed by atoms with Crippen molar-refractivity contribution in [3.63, 3.8) is 0 Å². The Labute approximate surface area is 116 Å². The van der Waals surface area contributed by atoms with E-state index in [1.165, 1.54) is 0 Å². The molecule has 0 bridgehead atoms. The molecule has 20 heavy (non-hydrogen) atoms. The minimum Gasteiger partial charge on any atom is -0.478 e. The molecule has 106 valence electrons. The molecule has 0 saturated heterocycles. The third-order valence-corrected chi connectivity index (χ3v) is 4.04. The van der Waals surface area contributed by atoms with Crippen LogP contribution in [0, 0.1) is 5.92 Å². The zero-order valence-corrected chi connectivity index (χ0v) is 11.4. The Kier molecular flexibility index (Phi) is 3.22. The molecule has 5 heteroatoms. The third-order valence-electron chi connectivity index (χ3n) is 4.04. The van der Waals surface area contributed by atoms with Gasteiger partial charge in [-0.3, -0.25) is 0 Å². The Bertz CT molecular complexity index is 656. The minimum atomic E-state index is -0.920. The lowest BCUT2D eigenvalue weighted by Crippen LogP contribution is -2.31. The predicted octanol–water partition coefficient (Wildman–Crippen LogP) is 2.07. The number of benzene rings is 1. The Morgan fingerprint density at radius 3 is 2.80 bits per heavy atom. The number of aromatic carboxylic acids is 1. The highest BCUT2D eigenvalue weighted by Gasteiger charge is 2.28. The molecule has 1 aliphatic carbocycles. The highest BCUT2D eigenvalue weighted by atomic mass is 16.4. The van der Waals surface area contributed by atoms with Gasteiger partial charge in [0.25, 0.3) is 0 Å². The second-order valence-electron chi connectivity index (χ2n) is 5.49. The number of aryl methyl sites for hydroxylation is 1. The summed E-state index contributed by atoms with van der Waals surface area (Å²) in [4.78, 5) is 15.7. The number of aliphatic hydroxyl groups excluding tert-OH is 1. The fourth-order valence-corrected chi connectivity index (χ4v) is 2.89. The number of aliphatic hydroxyl groups is 1. The first-order valence-corrected chi connectivity index (χ1v) is 6.99. The maximum atomic E-state index is 11.1. The molecule has 3 rings (SSSR count). The normalized spacial score (nSPS) is 21.9. The van der Waals surface area contributed by atoms with Gasteiger partial charge < -0.3 is 14.8 Å². The summed E-state index contributed by atoms with van der Waals surface area (Å²) in [6, 6.07) is 5.05. The van der Waals surface area contributed by atoms with Crippen molar-refractivity contribution < 1.29 is 15.0 Å². The topological polar surface area (TPSA) is 75.3 Å². The van der Waals surface area contributed by atoms with Gasteiger partial charge in [0.1, 0.15) is 5.82 Å². The number of nitrogens with zero attached hydrogens (tertiary/aromatic N) is 2. The lowest BCUT2D eigenvalue weighted by atomic mass is 9.82. The van der Waals surface area contributed by atoms with Gasteiger partial charge in [-0.25, -0.2) is 9.78 Å². The van der Waals surface area contributed by atoms with Crippen LogP contribution in [0.4, 0.5) is 0 Å². The molecule has 2 N–H and O–H groups in total. The SMILES string of the molecule is CCc1nc2ccc(C(=O)O)cc2n1CC1CC(O)C1. The zero-order chi connectivity index (χ0) is 14.3. The lowest BCUT2D eigenvalue weighted by Gasteiger charge is -2.32. The van der Waals surface area contributed by atoms with Crippen LogP contribution in [0.5, 0.6) is 0 Å². The number of imidazole rings is 1. The second-order valence-corrected chi connectivity index (χ2v) is 5.49. The number of hydrogen-bond acceptors (Lipinski definition) is 3. The standard InChI is InChI=1S/C15H18N2O3/c1-2-14-16-12-4-3-10(15(19)20)7-13(12)17(14)8-9-5-11(18)6-9/h3-4,7,9,11,18H,2,5-6,8H2,1H3,(H,19,20). The van der Waals surface area contributed by atoms with Crippen LogP contribution in [0.25, 0.3) is 11.0 Å². The van der Waals surface area contributed by atoms with Crippen molar-refractivity contribution in [1.82, 2.24) is 9.55 Å². The Morgan fingerprint density at radius 1 is 1.45 bits per heavy atom. The summed E-state index contributed by atoms with van der Waals surface area (Å²) in [6.45, 7) is 2.85. The largest absolute Gasteiger partial charge is 0.478 e. The van der Waals surface area contributed by atoms with E-state index in [0.29, 0.717) is 5.92 Å². The van der Waals surface area contributed by atoms with Crippen LogP contribution >= 0.6 is 0 Å². The third kappa shape index (κ3) is 2.18. The highest BCUT2D eigenvalue weighted by Crippen LogP contribution is 2.30. The summed E-state index contributed by atoms with van der Waals surface area (Å²) in [5.41, 5.74) is 2.00. The van der Waals surface area contributed by atoms with Crippen molar-refractivity contribution in [2.75, 3.05) is 0 Å². The van der Waals surface area contributed by atoms with E-state index in [9.17, 15) is 9.90 Å². The maximum Gasteiger partial charge on any atom is 0.335 e. The van der Waals surface area contributed by atoms with E-state index in [1.54, 1.807) is 18.2 Å². The summed E-state index contributed by atoms with van der Waals surface area (Å²) in [7, 11) is 0. The Balaban J connectivity index is 2.02. The van der Waals surface area contributed by atoms with Crippen LogP contribution in [0.3, 0.4) is 0 Å². The molecule has 0 atom stereocenters. The van der Waals surface area contributed by atoms with Crippen molar-refractivity contribution in [3.05, 3.63) is 29.6 Å². The fourth-order valence-electron chi connectivity index (χ4n) is 2.89. The first-order valence-electron chi connectivity index (χ1n) is 6.99. The molecule has 1 aromatic carbocycles. The Morgan fingerprint density at radius 2 is 2.20 bits per heavy atom. The number of aromatic nitrogens is 2. The quantitative estimate of drug-likeness (QED) is 0.895. The van der Waals surface area contributed by atoms with Crippen LogP contribution in [0.1, 0.15) is 35.9 Å². The van der Waals surface area contributed by atoms with Crippen LogP contribution < -0.4 is 0 Å². The molecular weight excluding hydrogens is 256 g/mol. The highest BCUT2D eigenvalue weighted by molar-refractivity contribution is 5.92. The molecule has 1 fully saturated rings. The number of carboxylic acids is 1. The van der Waals surface area contributed by atoms with Gasteiger partial charge in [0.05, 0.1) is 22.7 Å². The summed E-state index contributed by atoms with van der Waals surface area (Å²) in [5, 5.41) is 18.5. The van der Waals surface area contributed by atoms with E-state index in [1.807, 2.05) is 6.92 Å². The van der Waals surface area contributed by atoms with Gasteiger partial charge in [-0.1, -0.05) is 6.92 Å². The number of carboxylic acid groups (broad SMARTS) is 1. The van der Waals surface area contributed by atoms with Crippen molar-refractivity contribution in [2.45, 2.75) is 38.8 Å². The van der Waals surface area contributed by atoms with Gasteiger partial charge in [-0.2, -0.15) is 0 Å².